The highest BCUT2D eigenvalue weighted by molar-refractivity contribution is 5.97. The van der Waals surface area contributed by atoms with E-state index >= 15 is 0 Å². The molecule has 78 valence electrons. The normalized spacial score (nSPS) is 9.40. The minimum Gasteiger partial charge on any atom is -0.492 e. The molecule has 1 aromatic carbocycles. The number of nitrogen functional groups attached to an aromatic ring is 1. The van der Waals surface area contributed by atoms with Gasteiger partial charge in [-0.05, 0) is 19.9 Å². The molecule has 0 aliphatic heterocycles. The van der Waals surface area contributed by atoms with Gasteiger partial charge < -0.3 is 10.5 Å². The van der Waals surface area contributed by atoms with E-state index in [1.54, 1.807) is 0 Å². The zero-order valence-electron chi connectivity index (χ0n) is 8.70. The third-order valence-electron chi connectivity index (χ3n) is 1.95. The number of nitriles is 1. The summed E-state index contributed by atoms with van der Waals surface area (Å²) in [5, 5.41) is 8.85. The lowest BCUT2D eigenvalue weighted by Crippen LogP contribution is -2.03. The summed E-state index contributed by atoms with van der Waals surface area (Å²) in [6, 6.07) is 4.92. The molecule has 0 aromatic heterocycles. The molecule has 0 radical (unpaired) electrons. The van der Waals surface area contributed by atoms with Gasteiger partial charge in [0.05, 0.1) is 17.9 Å². The molecule has 1 rings (SSSR count). The Labute approximate surface area is 88.3 Å². The van der Waals surface area contributed by atoms with Crippen LogP contribution in [0.2, 0.25) is 0 Å². The largest absolute Gasteiger partial charge is 0.492 e. The van der Waals surface area contributed by atoms with E-state index in [1.807, 2.05) is 13.0 Å². The van der Waals surface area contributed by atoms with Crippen LogP contribution in [-0.2, 0) is 0 Å². The number of nitrogens with two attached hydrogens (primary N) is 1. The Morgan fingerprint density at radius 1 is 1.60 bits per heavy atom. The van der Waals surface area contributed by atoms with Crippen molar-refractivity contribution in [3.05, 3.63) is 23.3 Å². The maximum atomic E-state index is 11.2. The molecule has 4 heteroatoms. The molecule has 0 aliphatic rings. The molecule has 1 aromatic rings. The van der Waals surface area contributed by atoms with Gasteiger partial charge in [-0.2, -0.15) is 5.26 Å². The van der Waals surface area contributed by atoms with E-state index in [4.69, 9.17) is 15.7 Å². The Morgan fingerprint density at radius 2 is 2.27 bits per heavy atom. The van der Waals surface area contributed by atoms with Crippen LogP contribution >= 0.6 is 0 Å². The van der Waals surface area contributed by atoms with E-state index in [-0.39, 0.29) is 5.78 Å². The standard InChI is InChI=1S/C11H12N2O2/c1-3-15-11-4-8(6-12)9(7(2)14)5-10(11)13/h4-5H,3,13H2,1-2H3. The number of benzene rings is 1. The van der Waals surface area contributed by atoms with Crippen molar-refractivity contribution in [2.75, 3.05) is 12.3 Å². The number of hydrogen-bond donors (Lipinski definition) is 1. The van der Waals surface area contributed by atoms with Crippen LogP contribution in [0.5, 0.6) is 5.75 Å². The van der Waals surface area contributed by atoms with Crippen molar-refractivity contribution in [2.45, 2.75) is 13.8 Å². The topological polar surface area (TPSA) is 76.1 Å². The number of nitrogens with zero attached hydrogens (tertiary/aromatic N) is 1. The summed E-state index contributed by atoms with van der Waals surface area (Å²) in [5.41, 5.74) is 6.68. The molecular formula is C11H12N2O2. The first-order valence-electron chi connectivity index (χ1n) is 4.57. The van der Waals surface area contributed by atoms with Crippen LogP contribution in [0.1, 0.15) is 29.8 Å². The molecule has 0 saturated carbocycles. The molecule has 0 aliphatic carbocycles. The predicted molar refractivity (Wildman–Crippen MR) is 56.7 cm³/mol. The fourth-order valence-electron chi connectivity index (χ4n) is 1.26. The smallest absolute Gasteiger partial charge is 0.161 e. The summed E-state index contributed by atoms with van der Waals surface area (Å²) in [4.78, 5) is 11.2. The van der Waals surface area contributed by atoms with Gasteiger partial charge in [0, 0.05) is 11.6 Å². The zero-order chi connectivity index (χ0) is 11.4. The van der Waals surface area contributed by atoms with Gasteiger partial charge in [0.15, 0.2) is 5.78 Å². The average Bonchev–Trinajstić information content (AvgIpc) is 2.20. The molecular weight excluding hydrogens is 192 g/mol. The molecule has 4 nitrogen and oxygen atoms in total. The van der Waals surface area contributed by atoms with Gasteiger partial charge in [-0.25, -0.2) is 0 Å². The molecule has 2 N–H and O–H groups in total. The number of ketones is 1. The number of hydrogen-bond acceptors (Lipinski definition) is 4. The monoisotopic (exact) mass is 204 g/mol. The summed E-state index contributed by atoms with van der Waals surface area (Å²) >= 11 is 0. The Bertz CT molecular complexity index is 433. The third-order valence-corrected chi connectivity index (χ3v) is 1.95. The maximum Gasteiger partial charge on any atom is 0.161 e. The summed E-state index contributed by atoms with van der Waals surface area (Å²) in [5.74, 6) is 0.264. The van der Waals surface area contributed by atoms with Crippen LogP contribution < -0.4 is 10.5 Å². The minimum absolute atomic E-state index is 0.179. The SMILES string of the molecule is CCOc1cc(C#N)c(C(C)=O)cc1N. The van der Waals surface area contributed by atoms with E-state index in [9.17, 15) is 4.79 Å². The van der Waals surface area contributed by atoms with E-state index < -0.39 is 0 Å². The van der Waals surface area contributed by atoms with Crippen LogP contribution in [0.15, 0.2) is 12.1 Å². The molecule has 0 bridgehead atoms. The molecule has 0 unspecified atom stereocenters. The predicted octanol–water partition coefficient (Wildman–Crippen LogP) is 1.74. The molecule has 0 fully saturated rings. The van der Waals surface area contributed by atoms with Crippen molar-refractivity contribution in [3.63, 3.8) is 0 Å². The van der Waals surface area contributed by atoms with E-state index in [0.717, 1.165) is 0 Å². The highest BCUT2D eigenvalue weighted by Gasteiger charge is 2.11. The number of anilines is 1. The van der Waals surface area contributed by atoms with Gasteiger partial charge in [-0.1, -0.05) is 0 Å². The first-order chi connectivity index (χ1) is 7.10. The minimum atomic E-state index is -0.179. The van der Waals surface area contributed by atoms with Gasteiger partial charge >= 0.3 is 0 Å². The second-order valence-corrected chi connectivity index (χ2v) is 3.04. The molecule has 0 amide bonds. The van der Waals surface area contributed by atoms with Crippen LogP contribution in [0.4, 0.5) is 5.69 Å². The first-order valence-corrected chi connectivity index (χ1v) is 4.57. The van der Waals surface area contributed by atoms with Gasteiger partial charge in [0.2, 0.25) is 0 Å². The quantitative estimate of drug-likeness (QED) is 0.601. The third kappa shape index (κ3) is 2.26. The first kappa shape index (κ1) is 11.1. The van der Waals surface area contributed by atoms with Crippen molar-refractivity contribution in [1.82, 2.24) is 0 Å². The van der Waals surface area contributed by atoms with Crippen LogP contribution in [-0.4, -0.2) is 12.4 Å². The van der Waals surface area contributed by atoms with Gasteiger partial charge in [-0.15, -0.1) is 0 Å². The Hall–Kier alpha value is -2.02. The molecule has 0 heterocycles. The maximum absolute atomic E-state index is 11.2. The van der Waals surface area contributed by atoms with Gasteiger partial charge in [-0.3, -0.25) is 4.79 Å². The molecule has 0 saturated heterocycles. The van der Waals surface area contributed by atoms with Crippen molar-refractivity contribution >= 4 is 11.5 Å². The molecule has 0 atom stereocenters. The zero-order valence-corrected chi connectivity index (χ0v) is 8.70. The molecule has 0 spiro atoms. The van der Waals surface area contributed by atoms with Gasteiger partial charge in [0.1, 0.15) is 11.8 Å². The summed E-state index contributed by atoms with van der Waals surface area (Å²) in [6.07, 6.45) is 0. The number of carbonyl (C=O) groups excluding carboxylic acids is 1. The molecule has 15 heavy (non-hydrogen) atoms. The van der Waals surface area contributed by atoms with Crippen molar-refractivity contribution in [1.29, 1.82) is 5.26 Å². The van der Waals surface area contributed by atoms with Crippen LogP contribution in [0, 0.1) is 11.3 Å². The second kappa shape index (κ2) is 4.47. The van der Waals surface area contributed by atoms with E-state index in [0.29, 0.717) is 29.2 Å². The Kier molecular flexibility index (Phi) is 3.29. The number of ether oxygens (including phenoxy) is 1. The number of carbonyl (C=O) groups is 1. The fourth-order valence-corrected chi connectivity index (χ4v) is 1.26. The summed E-state index contributed by atoms with van der Waals surface area (Å²) in [6.45, 7) is 3.69. The van der Waals surface area contributed by atoms with E-state index in [1.165, 1.54) is 19.1 Å². The highest BCUT2D eigenvalue weighted by atomic mass is 16.5. The van der Waals surface area contributed by atoms with Crippen LogP contribution in [0.25, 0.3) is 0 Å². The average molecular weight is 204 g/mol. The van der Waals surface area contributed by atoms with Crippen LogP contribution in [0.3, 0.4) is 0 Å². The lowest BCUT2D eigenvalue weighted by atomic mass is 10.0. The lowest BCUT2D eigenvalue weighted by molar-refractivity contribution is 0.101. The van der Waals surface area contributed by atoms with Crippen molar-refractivity contribution < 1.29 is 9.53 Å². The summed E-state index contributed by atoms with van der Waals surface area (Å²) < 4.78 is 5.23. The Balaban J connectivity index is 3.30. The fraction of sp³-hybridized carbons (Fsp3) is 0.273. The van der Waals surface area contributed by atoms with Crippen molar-refractivity contribution in [3.8, 4) is 11.8 Å². The van der Waals surface area contributed by atoms with E-state index in [2.05, 4.69) is 0 Å². The number of rotatable bonds is 3. The van der Waals surface area contributed by atoms with Gasteiger partial charge in [0.25, 0.3) is 0 Å². The highest BCUT2D eigenvalue weighted by Crippen LogP contribution is 2.26. The number of Topliss-reactive ketones (excluding diaryl/α,β-unsaturated/α-hetero) is 1. The van der Waals surface area contributed by atoms with Crippen molar-refractivity contribution in [2.24, 2.45) is 0 Å². The second-order valence-electron chi connectivity index (χ2n) is 3.04. The summed E-state index contributed by atoms with van der Waals surface area (Å²) in [7, 11) is 0. The lowest BCUT2D eigenvalue weighted by Gasteiger charge is -2.09. The Morgan fingerprint density at radius 3 is 2.73 bits per heavy atom.